The Morgan fingerprint density at radius 3 is 2.94 bits per heavy atom. The molecule has 82 valence electrons. The van der Waals surface area contributed by atoms with Gasteiger partial charge in [-0.2, -0.15) is 0 Å². The molecule has 0 bridgehead atoms. The Bertz CT molecular complexity index is 495. The van der Waals surface area contributed by atoms with Gasteiger partial charge in [0, 0.05) is 12.0 Å². The average Bonchev–Trinajstić information content (AvgIpc) is 2.98. The van der Waals surface area contributed by atoms with E-state index in [9.17, 15) is 0 Å². The summed E-state index contributed by atoms with van der Waals surface area (Å²) in [6.07, 6.45) is 2.47. The molecule has 1 saturated carbocycles. The normalized spacial score (nSPS) is 15.3. The molecule has 2 heterocycles. The van der Waals surface area contributed by atoms with Crippen LogP contribution in [0.4, 0.5) is 0 Å². The van der Waals surface area contributed by atoms with E-state index in [1.54, 1.807) is 23.1 Å². The minimum atomic E-state index is 0.597. The first kappa shape index (κ1) is 10.7. The largest absolute Gasteiger partial charge is 0.226 e. The second-order valence-electron chi connectivity index (χ2n) is 3.70. The Balaban J connectivity index is 1.88. The van der Waals surface area contributed by atoms with E-state index in [4.69, 9.17) is 0 Å². The molecular formula is C11H9BrN2S2. The summed E-state index contributed by atoms with van der Waals surface area (Å²) in [6, 6.07) is 6.16. The molecule has 2 aromatic rings. The lowest BCUT2D eigenvalue weighted by Gasteiger charge is -2.02. The Kier molecular flexibility index (Phi) is 3.00. The van der Waals surface area contributed by atoms with E-state index in [-0.39, 0.29) is 0 Å². The molecule has 2 nitrogen and oxygen atoms in total. The second kappa shape index (κ2) is 4.47. The Labute approximate surface area is 111 Å². The Morgan fingerprint density at radius 2 is 2.25 bits per heavy atom. The van der Waals surface area contributed by atoms with Crippen LogP contribution in [-0.4, -0.2) is 9.97 Å². The highest BCUT2D eigenvalue weighted by Crippen LogP contribution is 2.40. The van der Waals surface area contributed by atoms with Crippen LogP contribution in [0, 0.1) is 0 Å². The lowest BCUT2D eigenvalue weighted by molar-refractivity contribution is 0.867. The zero-order chi connectivity index (χ0) is 11.0. The third kappa shape index (κ3) is 2.47. The van der Waals surface area contributed by atoms with Gasteiger partial charge in [0.15, 0.2) is 0 Å². The monoisotopic (exact) mass is 312 g/mol. The molecule has 0 atom stereocenters. The van der Waals surface area contributed by atoms with Gasteiger partial charge in [0.1, 0.15) is 15.5 Å². The van der Waals surface area contributed by atoms with Gasteiger partial charge in [-0.25, -0.2) is 9.97 Å². The van der Waals surface area contributed by atoms with Crippen LogP contribution in [0.15, 0.2) is 37.4 Å². The molecule has 2 aromatic heterocycles. The molecule has 5 heteroatoms. The quantitative estimate of drug-likeness (QED) is 0.789. The zero-order valence-corrected chi connectivity index (χ0v) is 11.6. The molecule has 0 saturated heterocycles. The molecule has 1 fully saturated rings. The van der Waals surface area contributed by atoms with Crippen molar-refractivity contribution >= 4 is 39.0 Å². The highest BCUT2D eigenvalue weighted by atomic mass is 79.9. The molecule has 0 aromatic carbocycles. The van der Waals surface area contributed by atoms with E-state index in [0.717, 1.165) is 15.5 Å². The standard InChI is InChI=1S/C11H9BrN2S2/c12-8-6-9(16-10-2-1-5-15-10)14-11(13-8)7-3-4-7/h1-2,5-7H,3-4H2. The van der Waals surface area contributed by atoms with Gasteiger partial charge in [0.25, 0.3) is 0 Å². The SMILES string of the molecule is Brc1cc(Sc2cccs2)nc(C2CC2)n1. The van der Waals surface area contributed by atoms with Crippen LogP contribution in [0.5, 0.6) is 0 Å². The van der Waals surface area contributed by atoms with E-state index in [0.29, 0.717) is 5.92 Å². The summed E-state index contributed by atoms with van der Waals surface area (Å²) in [6.45, 7) is 0. The minimum absolute atomic E-state index is 0.597. The number of thiophene rings is 1. The van der Waals surface area contributed by atoms with Crippen molar-refractivity contribution in [1.82, 2.24) is 9.97 Å². The number of hydrogen-bond acceptors (Lipinski definition) is 4. The van der Waals surface area contributed by atoms with Gasteiger partial charge in [-0.1, -0.05) is 17.8 Å². The van der Waals surface area contributed by atoms with Crippen LogP contribution in [0.25, 0.3) is 0 Å². The Morgan fingerprint density at radius 1 is 1.38 bits per heavy atom. The van der Waals surface area contributed by atoms with E-state index in [1.165, 1.54) is 17.1 Å². The fraction of sp³-hybridized carbons (Fsp3) is 0.273. The maximum atomic E-state index is 4.60. The summed E-state index contributed by atoms with van der Waals surface area (Å²) in [5, 5.41) is 3.12. The summed E-state index contributed by atoms with van der Waals surface area (Å²) in [4.78, 5) is 9.02. The second-order valence-corrected chi connectivity index (χ2v) is 6.78. The molecule has 0 aliphatic heterocycles. The van der Waals surface area contributed by atoms with Crippen LogP contribution < -0.4 is 0 Å². The zero-order valence-electron chi connectivity index (χ0n) is 8.39. The molecule has 0 amide bonds. The predicted molar refractivity (Wildman–Crippen MR) is 70.1 cm³/mol. The van der Waals surface area contributed by atoms with E-state index in [1.807, 2.05) is 6.07 Å². The molecule has 0 N–H and O–H groups in total. The topological polar surface area (TPSA) is 25.8 Å². The first-order valence-electron chi connectivity index (χ1n) is 5.07. The van der Waals surface area contributed by atoms with Crippen molar-refractivity contribution in [3.05, 3.63) is 34.0 Å². The van der Waals surface area contributed by atoms with Crippen LogP contribution >= 0.6 is 39.0 Å². The molecule has 0 unspecified atom stereocenters. The third-order valence-electron chi connectivity index (χ3n) is 2.33. The van der Waals surface area contributed by atoms with Gasteiger partial charge in [0.2, 0.25) is 0 Å². The lowest BCUT2D eigenvalue weighted by atomic mass is 10.4. The fourth-order valence-corrected chi connectivity index (χ4v) is 3.69. The van der Waals surface area contributed by atoms with Crippen molar-refractivity contribution in [2.24, 2.45) is 0 Å². The van der Waals surface area contributed by atoms with Crippen molar-refractivity contribution in [2.45, 2.75) is 28.0 Å². The van der Waals surface area contributed by atoms with Gasteiger partial charge in [-0.05, 0) is 40.2 Å². The molecule has 0 spiro atoms. The molecular weight excluding hydrogens is 304 g/mol. The number of nitrogens with zero attached hydrogens (tertiary/aromatic N) is 2. The van der Waals surface area contributed by atoms with Gasteiger partial charge < -0.3 is 0 Å². The first-order chi connectivity index (χ1) is 7.81. The van der Waals surface area contributed by atoms with Crippen molar-refractivity contribution in [3.63, 3.8) is 0 Å². The van der Waals surface area contributed by atoms with Gasteiger partial charge in [-0.15, -0.1) is 11.3 Å². The summed E-state index contributed by atoms with van der Waals surface area (Å²) < 4.78 is 2.16. The van der Waals surface area contributed by atoms with Crippen molar-refractivity contribution < 1.29 is 0 Å². The highest BCUT2D eigenvalue weighted by molar-refractivity contribution is 9.10. The van der Waals surface area contributed by atoms with E-state index in [2.05, 4.69) is 43.4 Å². The molecule has 0 radical (unpaired) electrons. The summed E-state index contributed by atoms with van der Waals surface area (Å²) in [5.41, 5.74) is 0. The van der Waals surface area contributed by atoms with Gasteiger partial charge in [0.05, 0.1) is 4.21 Å². The molecule has 1 aliphatic rings. The van der Waals surface area contributed by atoms with Crippen molar-refractivity contribution in [2.75, 3.05) is 0 Å². The van der Waals surface area contributed by atoms with Gasteiger partial charge in [-0.3, -0.25) is 0 Å². The minimum Gasteiger partial charge on any atom is -0.226 e. The predicted octanol–water partition coefficient (Wildman–Crippen LogP) is 4.33. The maximum Gasteiger partial charge on any atom is 0.134 e. The average molecular weight is 313 g/mol. The summed E-state index contributed by atoms with van der Waals surface area (Å²) in [7, 11) is 0. The lowest BCUT2D eigenvalue weighted by Crippen LogP contribution is -1.94. The maximum absolute atomic E-state index is 4.60. The fourth-order valence-electron chi connectivity index (χ4n) is 1.41. The number of hydrogen-bond donors (Lipinski definition) is 0. The van der Waals surface area contributed by atoms with E-state index < -0.39 is 0 Å². The molecule has 3 rings (SSSR count). The van der Waals surface area contributed by atoms with E-state index >= 15 is 0 Å². The van der Waals surface area contributed by atoms with Crippen LogP contribution in [0.2, 0.25) is 0 Å². The third-order valence-corrected chi connectivity index (χ3v) is 4.69. The van der Waals surface area contributed by atoms with Crippen LogP contribution in [0.1, 0.15) is 24.6 Å². The molecule has 16 heavy (non-hydrogen) atoms. The molecule has 1 aliphatic carbocycles. The number of aromatic nitrogens is 2. The Hall–Kier alpha value is -0.390. The number of halogens is 1. The highest BCUT2D eigenvalue weighted by Gasteiger charge is 2.27. The van der Waals surface area contributed by atoms with Crippen molar-refractivity contribution in [1.29, 1.82) is 0 Å². The van der Waals surface area contributed by atoms with Crippen molar-refractivity contribution in [3.8, 4) is 0 Å². The van der Waals surface area contributed by atoms with Crippen LogP contribution in [0.3, 0.4) is 0 Å². The smallest absolute Gasteiger partial charge is 0.134 e. The van der Waals surface area contributed by atoms with Gasteiger partial charge >= 0.3 is 0 Å². The number of rotatable bonds is 3. The summed E-state index contributed by atoms with van der Waals surface area (Å²) in [5.74, 6) is 1.59. The van der Waals surface area contributed by atoms with Crippen LogP contribution in [-0.2, 0) is 0 Å². The summed E-state index contributed by atoms with van der Waals surface area (Å²) >= 11 is 6.90. The first-order valence-corrected chi connectivity index (χ1v) is 7.56.